The third-order valence-electron chi connectivity index (χ3n) is 5.64. The third kappa shape index (κ3) is 3.97. The summed E-state index contributed by atoms with van der Waals surface area (Å²) < 4.78 is 41.7. The Bertz CT molecular complexity index is 1080. The highest BCUT2D eigenvalue weighted by atomic mass is 19.2. The van der Waals surface area contributed by atoms with Crippen LogP contribution in [-0.2, 0) is 4.79 Å². The van der Waals surface area contributed by atoms with E-state index in [1.807, 2.05) is 0 Å². The second kappa shape index (κ2) is 8.02. The second-order valence-electron chi connectivity index (χ2n) is 7.79. The van der Waals surface area contributed by atoms with Crippen LogP contribution >= 0.6 is 0 Å². The number of nitrogens with one attached hydrogen (secondary N) is 1. The molecule has 0 spiro atoms. The van der Waals surface area contributed by atoms with Crippen LogP contribution in [0.15, 0.2) is 6.07 Å². The van der Waals surface area contributed by atoms with Crippen molar-refractivity contribution in [1.82, 2.24) is 19.9 Å². The van der Waals surface area contributed by atoms with E-state index in [-0.39, 0.29) is 23.6 Å². The minimum absolute atomic E-state index is 0.0294. The summed E-state index contributed by atoms with van der Waals surface area (Å²) in [6.45, 7) is 4.63. The van der Waals surface area contributed by atoms with Crippen molar-refractivity contribution < 1.29 is 18.0 Å². The van der Waals surface area contributed by atoms with Gasteiger partial charge in [-0.15, -0.1) is 0 Å². The van der Waals surface area contributed by atoms with E-state index in [2.05, 4.69) is 26.3 Å². The summed E-state index contributed by atoms with van der Waals surface area (Å²) in [5.74, 6) is -3.96. The van der Waals surface area contributed by atoms with Gasteiger partial charge in [-0.25, -0.2) is 13.8 Å². The van der Waals surface area contributed by atoms with E-state index in [0.717, 1.165) is 6.92 Å². The minimum Gasteiger partial charge on any atom is -0.342 e. The standard InChI is InChI=1S/C20H20F3N7O/c1-10-16(21)18(23)28-19(17(10)22)26-15-5-14(13-3-4-29(9-13)11(2)31)25-20(27-15)30-7-12(6-24)8-30/h5,12-13H,3-4,7-9H2,1-2H3,(H,25,26,27,28). The highest BCUT2D eigenvalue weighted by Gasteiger charge is 2.32. The van der Waals surface area contributed by atoms with E-state index in [0.29, 0.717) is 44.2 Å². The number of amides is 1. The van der Waals surface area contributed by atoms with Gasteiger partial charge in [0.05, 0.1) is 17.7 Å². The summed E-state index contributed by atoms with van der Waals surface area (Å²) in [5, 5.41) is 11.7. The maximum Gasteiger partial charge on any atom is 0.251 e. The fourth-order valence-corrected chi connectivity index (χ4v) is 3.71. The van der Waals surface area contributed by atoms with Crippen LogP contribution in [0.4, 0.5) is 30.8 Å². The number of rotatable bonds is 4. The maximum atomic E-state index is 14.4. The van der Waals surface area contributed by atoms with Gasteiger partial charge in [-0.05, 0) is 13.3 Å². The zero-order chi connectivity index (χ0) is 22.3. The van der Waals surface area contributed by atoms with Crippen LogP contribution in [0.1, 0.15) is 30.5 Å². The summed E-state index contributed by atoms with van der Waals surface area (Å²) in [6, 6.07) is 3.77. The molecule has 2 aromatic rings. The Morgan fingerprint density at radius 1 is 1.19 bits per heavy atom. The van der Waals surface area contributed by atoms with Gasteiger partial charge < -0.3 is 15.1 Å². The molecule has 8 nitrogen and oxygen atoms in total. The fraction of sp³-hybridized carbons (Fsp3) is 0.450. The van der Waals surface area contributed by atoms with Crippen LogP contribution < -0.4 is 10.2 Å². The molecule has 31 heavy (non-hydrogen) atoms. The van der Waals surface area contributed by atoms with Crippen molar-refractivity contribution in [2.45, 2.75) is 26.2 Å². The first-order valence-electron chi connectivity index (χ1n) is 9.84. The van der Waals surface area contributed by atoms with E-state index in [1.54, 1.807) is 15.9 Å². The lowest BCUT2D eigenvalue weighted by atomic mass is 10.0. The Hall–Kier alpha value is -3.42. The fourth-order valence-electron chi connectivity index (χ4n) is 3.71. The number of aromatic nitrogens is 3. The Balaban J connectivity index is 1.67. The average Bonchev–Trinajstić information content (AvgIpc) is 3.20. The lowest BCUT2D eigenvalue weighted by molar-refractivity contribution is -0.127. The molecule has 2 aromatic heterocycles. The molecule has 2 fully saturated rings. The van der Waals surface area contributed by atoms with E-state index in [1.165, 1.54) is 6.92 Å². The number of pyridine rings is 1. The zero-order valence-corrected chi connectivity index (χ0v) is 17.0. The number of halogens is 3. The maximum absolute atomic E-state index is 14.4. The highest BCUT2D eigenvalue weighted by molar-refractivity contribution is 5.73. The van der Waals surface area contributed by atoms with E-state index >= 15 is 0 Å². The molecule has 0 saturated carbocycles. The lowest BCUT2D eigenvalue weighted by Crippen LogP contribution is -2.47. The number of nitrogens with zero attached hydrogens (tertiary/aromatic N) is 6. The molecule has 11 heteroatoms. The molecule has 0 aromatic carbocycles. The van der Waals surface area contributed by atoms with Crippen LogP contribution in [0.3, 0.4) is 0 Å². The largest absolute Gasteiger partial charge is 0.342 e. The van der Waals surface area contributed by atoms with Crippen molar-refractivity contribution in [2.24, 2.45) is 5.92 Å². The summed E-state index contributed by atoms with van der Waals surface area (Å²) in [4.78, 5) is 27.5. The normalized spacial score (nSPS) is 18.6. The van der Waals surface area contributed by atoms with Crippen LogP contribution in [0, 0.1) is 41.8 Å². The molecule has 2 saturated heterocycles. The van der Waals surface area contributed by atoms with E-state index < -0.39 is 29.0 Å². The van der Waals surface area contributed by atoms with Crippen LogP contribution in [0.25, 0.3) is 0 Å². The van der Waals surface area contributed by atoms with Crippen molar-refractivity contribution in [3.63, 3.8) is 0 Å². The molecule has 1 unspecified atom stereocenters. The molecule has 4 rings (SSSR count). The number of anilines is 3. The molecule has 162 valence electrons. The number of hydrogen-bond acceptors (Lipinski definition) is 7. The van der Waals surface area contributed by atoms with Gasteiger partial charge in [0.25, 0.3) is 5.95 Å². The average molecular weight is 431 g/mol. The molecule has 0 radical (unpaired) electrons. The van der Waals surface area contributed by atoms with Gasteiger partial charge in [-0.1, -0.05) is 0 Å². The van der Waals surface area contributed by atoms with Crippen molar-refractivity contribution >= 4 is 23.5 Å². The molecular weight excluding hydrogens is 411 g/mol. The second-order valence-corrected chi connectivity index (χ2v) is 7.79. The lowest BCUT2D eigenvalue weighted by Gasteiger charge is -2.35. The summed E-state index contributed by atoms with van der Waals surface area (Å²) in [5.41, 5.74) is 0.147. The predicted octanol–water partition coefficient (Wildman–Crippen LogP) is 2.64. The van der Waals surface area contributed by atoms with Gasteiger partial charge in [0.1, 0.15) is 5.82 Å². The minimum atomic E-state index is -1.41. The highest BCUT2D eigenvalue weighted by Crippen LogP contribution is 2.31. The molecule has 1 N–H and O–H groups in total. The summed E-state index contributed by atoms with van der Waals surface area (Å²) in [7, 11) is 0. The molecule has 4 heterocycles. The third-order valence-corrected chi connectivity index (χ3v) is 5.64. The first kappa shape index (κ1) is 20.8. The first-order valence-corrected chi connectivity index (χ1v) is 9.84. The molecule has 1 atom stereocenters. The van der Waals surface area contributed by atoms with Gasteiger partial charge in [-0.3, -0.25) is 4.79 Å². The van der Waals surface area contributed by atoms with Crippen LogP contribution in [0.2, 0.25) is 0 Å². The SMILES string of the molecule is CC(=O)N1CCC(c2cc(Nc3nc(F)c(F)c(C)c3F)nc(N3CC(C#N)C3)n2)C1. The molecule has 2 aliphatic heterocycles. The van der Waals surface area contributed by atoms with Gasteiger partial charge in [0, 0.05) is 50.7 Å². The predicted molar refractivity (Wildman–Crippen MR) is 105 cm³/mol. The van der Waals surface area contributed by atoms with Gasteiger partial charge in [0.15, 0.2) is 17.5 Å². The number of likely N-dealkylation sites (tertiary alicyclic amines) is 1. The Kier molecular flexibility index (Phi) is 5.39. The number of carbonyl (C=O) groups excluding carboxylic acids is 1. The molecule has 2 aliphatic rings. The van der Waals surface area contributed by atoms with Crippen molar-refractivity contribution in [1.29, 1.82) is 5.26 Å². The summed E-state index contributed by atoms with van der Waals surface area (Å²) >= 11 is 0. The van der Waals surface area contributed by atoms with Crippen LogP contribution in [0.5, 0.6) is 0 Å². The van der Waals surface area contributed by atoms with E-state index in [9.17, 15) is 18.0 Å². The molecular formula is C20H20F3N7O. The Morgan fingerprint density at radius 3 is 2.58 bits per heavy atom. The smallest absolute Gasteiger partial charge is 0.251 e. The number of hydrogen-bond donors (Lipinski definition) is 1. The van der Waals surface area contributed by atoms with E-state index in [4.69, 9.17) is 5.26 Å². The monoisotopic (exact) mass is 431 g/mol. The first-order chi connectivity index (χ1) is 14.8. The molecule has 0 aliphatic carbocycles. The zero-order valence-electron chi connectivity index (χ0n) is 17.0. The topological polar surface area (TPSA) is 98.0 Å². The number of nitriles is 1. The quantitative estimate of drug-likeness (QED) is 0.743. The van der Waals surface area contributed by atoms with Crippen molar-refractivity contribution in [3.8, 4) is 6.07 Å². The van der Waals surface area contributed by atoms with Gasteiger partial charge in [0.2, 0.25) is 11.9 Å². The Morgan fingerprint density at radius 2 is 1.94 bits per heavy atom. The van der Waals surface area contributed by atoms with Crippen molar-refractivity contribution in [3.05, 3.63) is 34.9 Å². The molecule has 0 bridgehead atoms. The Labute approximate surface area is 176 Å². The summed E-state index contributed by atoms with van der Waals surface area (Å²) in [6.07, 6.45) is 0.702. The van der Waals surface area contributed by atoms with Crippen LogP contribution in [-0.4, -0.2) is 51.9 Å². The van der Waals surface area contributed by atoms with Gasteiger partial charge in [-0.2, -0.15) is 19.6 Å². The van der Waals surface area contributed by atoms with Gasteiger partial charge >= 0.3 is 0 Å². The van der Waals surface area contributed by atoms with Crippen molar-refractivity contribution in [2.75, 3.05) is 36.4 Å². The molecule has 1 amide bonds. The number of carbonyl (C=O) groups is 1.